The van der Waals surface area contributed by atoms with Gasteiger partial charge in [-0.05, 0) is 30.2 Å². The molecule has 0 aromatic heterocycles. The third kappa shape index (κ3) is 2.36. The summed E-state index contributed by atoms with van der Waals surface area (Å²) in [4.78, 5) is 2.35. The summed E-state index contributed by atoms with van der Waals surface area (Å²) in [5, 5.41) is 0. The van der Waals surface area contributed by atoms with E-state index < -0.39 is 0 Å². The summed E-state index contributed by atoms with van der Waals surface area (Å²) in [6.45, 7) is 8.46. The average Bonchev–Trinajstić information content (AvgIpc) is 2.59. The van der Waals surface area contributed by atoms with Crippen LogP contribution in [0.25, 0.3) is 0 Å². The SMILES string of the molecule is CC.CCc1ccc2c(c1)CN(C)C2. The van der Waals surface area contributed by atoms with Crippen molar-refractivity contribution in [1.29, 1.82) is 0 Å². The number of benzene rings is 1. The molecule has 0 aliphatic carbocycles. The van der Waals surface area contributed by atoms with E-state index in [2.05, 4.69) is 37.1 Å². The van der Waals surface area contributed by atoms with Crippen LogP contribution in [0, 0.1) is 0 Å². The van der Waals surface area contributed by atoms with E-state index in [-0.39, 0.29) is 0 Å². The maximum Gasteiger partial charge on any atom is 0.0237 e. The smallest absolute Gasteiger partial charge is 0.0237 e. The van der Waals surface area contributed by atoms with Gasteiger partial charge in [-0.1, -0.05) is 39.0 Å². The van der Waals surface area contributed by atoms with Gasteiger partial charge in [0.15, 0.2) is 0 Å². The van der Waals surface area contributed by atoms with Gasteiger partial charge < -0.3 is 0 Å². The Kier molecular flexibility index (Phi) is 4.15. The van der Waals surface area contributed by atoms with Gasteiger partial charge in [0.1, 0.15) is 0 Å². The maximum absolute atomic E-state index is 2.35. The van der Waals surface area contributed by atoms with Gasteiger partial charge in [0.05, 0.1) is 0 Å². The number of nitrogens with zero attached hydrogens (tertiary/aromatic N) is 1. The molecular formula is C13H21N. The Morgan fingerprint density at radius 1 is 1.14 bits per heavy atom. The van der Waals surface area contributed by atoms with Crippen LogP contribution in [0.1, 0.15) is 37.5 Å². The molecule has 1 heterocycles. The van der Waals surface area contributed by atoms with Gasteiger partial charge in [-0.3, -0.25) is 4.90 Å². The Hall–Kier alpha value is -0.820. The zero-order valence-electron chi connectivity index (χ0n) is 9.80. The van der Waals surface area contributed by atoms with E-state index >= 15 is 0 Å². The lowest BCUT2D eigenvalue weighted by Crippen LogP contribution is -2.07. The summed E-state index contributed by atoms with van der Waals surface area (Å²) < 4.78 is 0. The Morgan fingerprint density at radius 3 is 2.43 bits per heavy atom. The first-order valence-corrected chi connectivity index (χ1v) is 5.59. The third-order valence-electron chi connectivity index (χ3n) is 2.56. The second-order valence-corrected chi connectivity index (χ2v) is 3.63. The fraction of sp³-hybridized carbons (Fsp3) is 0.538. The van der Waals surface area contributed by atoms with E-state index in [0.29, 0.717) is 0 Å². The molecule has 78 valence electrons. The van der Waals surface area contributed by atoms with Crippen LogP contribution < -0.4 is 0 Å². The molecule has 0 radical (unpaired) electrons. The van der Waals surface area contributed by atoms with Crippen molar-refractivity contribution in [2.45, 2.75) is 40.3 Å². The van der Waals surface area contributed by atoms with Crippen molar-refractivity contribution >= 4 is 0 Å². The highest BCUT2D eigenvalue weighted by Crippen LogP contribution is 2.22. The largest absolute Gasteiger partial charge is 0.298 e. The minimum absolute atomic E-state index is 1.12. The molecule has 1 aromatic carbocycles. The van der Waals surface area contributed by atoms with Gasteiger partial charge in [-0.15, -0.1) is 0 Å². The summed E-state index contributed by atoms with van der Waals surface area (Å²) in [5.74, 6) is 0. The molecule has 0 atom stereocenters. The van der Waals surface area contributed by atoms with Crippen molar-refractivity contribution in [2.24, 2.45) is 0 Å². The topological polar surface area (TPSA) is 3.24 Å². The molecule has 0 N–H and O–H groups in total. The molecule has 0 saturated heterocycles. The molecule has 0 unspecified atom stereocenters. The summed E-state index contributed by atoms with van der Waals surface area (Å²) in [7, 11) is 2.17. The highest BCUT2D eigenvalue weighted by Gasteiger charge is 2.14. The summed E-state index contributed by atoms with van der Waals surface area (Å²) in [6.07, 6.45) is 1.15. The zero-order chi connectivity index (χ0) is 10.6. The summed E-state index contributed by atoms with van der Waals surface area (Å²) in [6, 6.07) is 6.87. The van der Waals surface area contributed by atoms with Crippen LogP contribution in [0.4, 0.5) is 0 Å². The Morgan fingerprint density at radius 2 is 1.79 bits per heavy atom. The number of aryl methyl sites for hydroxylation is 1. The van der Waals surface area contributed by atoms with Crippen LogP contribution in [-0.4, -0.2) is 11.9 Å². The molecule has 2 rings (SSSR count). The van der Waals surface area contributed by atoms with Gasteiger partial charge in [-0.2, -0.15) is 0 Å². The molecule has 0 fully saturated rings. The molecule has 1 nitrogen and oxygen atoms in total. The lowest BCUT2D eigenvalue weighted by atomic mass is 10.1. The van der Waals surface area contributed by atoms with E-state index in [1.165, 1.54) is 16.7 Å². The van der Waals surface area contributed by atoms with Crippen LogP contribution in [0.3, 0.4) is 0 Å². The fourth-order valence-corrected chi connectivity index (χ4v) is 1.84. The molecule has 0 bridgehead atoms. The molecule has 0 saturated carbocycles. The van der Waals surface area contributed by atoms with Crippen LogP contribution in [0.2, 0.25) is 0 Å². The summed E-state index contributed by atoms with van der Waals surface area (Å²) >= 11 is 0. The van der Waals surface area contributed by atoms with E-state index in [0.717, 1.165) is 19.5 Å². The van der Waals surface area contributed by atoms with Crippen molar-refractivity contribution in [2.75, 3.05) is 7.05 Å². The maximum atomic E-state index is 2.35. The van der Waals surface area contributed by atoms with Crippen LogP contribution in [0.15, 0.2) is 18.2 Å². The molecule has 1 aliphatic heterocycles. The molecule has 0 spiro atoms. The van der Waals surface area contributed by atoms with Crippen LogP contribution in [-0.2, 0) is 19.5 Å². The van der Waals surface area contributed by atoms with Gasteiger partial charge >= 0.3 is 0 Å². The van der Waals surface area contributed by atoms with E-state index in [9.17, 15) is 0 Å². The minimum atomic E-state index is 1.12. The fourth-order valence-electron chi connectivity index (χ4n) is 1.84. The molecule has 1 heteroatoms. The minimum Gasteiger partial charge on any atom is -0.298 e. The predicted molar refractivity (Wildman–Crippen MR) is 62.3 cm³/mol. The number of hydrogen-bond acceptors (Lipinski definition) is 1. The second kappa shape index (κ2) is 5.16. The Balaban J connectivity index is 0.000000461. The monoisotopic (exact) mass is 191 g/mol. The Bertz CT molecular complexity index is 291. The molecule has 14 heavy (non-hydrogen) atoms. The van der Waals surface area contributed by atoms with E-state index in [1.54, 1.807) is 0 Å². The van der Waals surface area contributed by atoms with E-state index in [4.69, 9.17) is 0 Å². The lowest BCUT2D eigenvalue weighted by molar-refractivity contribution is 0.353. The standard InChI is InChI=1S/C11H15N.C2H6/c1-3-9-4-5-10-7-12(2)8-11(10)6-9;1-2/h4-6H,3,7-8H2,1-2H3;1-2H3. The number of hydrogen-bond donors (Lipinski definition) is 0. The zero-order valence-corrected chi connectivity index (χ0v) is 9.80. The quantitative estimate of drug-likeness (QED) is 0.659. The first-order valence-electron chi connectivity index (χ1n) is 5.59. The van der Waals surface area contributed by atoms with Crippen LogP contribution >= 0.6 is 0 Å². The highest BCUT2D eigenvalue weighted by molar-refractivity contribution is 5.34. The third-order valence-corrected chi connectivity index (χ3v) is 2.56. The second-order valence-electron chi connectivity index (χ2n) is 3.63. The van der Waals surface area contributed by atoms with Crippen molar-refractivity contribution in [3.05, 3.63) is 34.9 Å². The van der Waals surface area contributed by atoms with Gasteiger partial charge in [0.25, 0.3) is 0 Å². The average molecular weight is 191 g/mol. The Labute approximate surface area is 87.7 Å². The number of fused-ring (bicyclic) bond motifs is 1. The lowest BCUT2D eigenvalue weighted by Gasteiger charge is -2.02. The highest BCUT2D eigenvalue weighted by atomic mass is 15.1. The van der Waals surface area contributed by atoms with E-state index in [1.807, 2.05) is 13.8 Å². The predicted octanol–water partition coefficient (Wildman–Crippen LogP) is 3.22. The van der Waals surface area contributed by atoms with Crippen molar-refractivity contribution < 1.29 is 0 Å². The van der Waals surface area contributed by atoms with Gasteiger partial charge in [-0.25, -0.2) is 0 Å². The molecule has 0 amide bonds. The summed E-state index contributed by atoms with van der Waals surface area (Å²) in [5.41, 5.74) is 4.50. The van der Waals surface area contributed by atoms with Gasteiger partial charge in [0.2, 0.25) is 0 Å². The van der Waals surface area contributed by atoms with Crippen molar-refractivity contribution in [1.82, 2.24) is 4.90 Å². The van der Waals surface area contributed by atoms with Crippen molar-refractivity contribution in [3.8, 4) is 0 Å². The molecule has 1 aromatic rings. The molecule has 1 aliphatic rings. The first kappa shape index (κ1) is 11.3. The van der Waals surface area contributed by atoms with Crippen molar-refractivity contribution in [3.63, 3.8) is 0 Å². The first-order chi connectivity index (χ1) is 6.79. The normalized spacial score (nSPS) is 14.6. The number of rotatable bonds is 1. The molecular weight excluding hydrogens is 170 g/mol. The van der Waals surface area contributed by atoms with Gasteiger partial charge in [0, 0.05) is 13.1 Å². The van der Waals surface area contributed by atoms with Crippen LogP contribution in [0.5, 0.6) is 0 Å².